The predicted octanol–water partition coefficient (Wildman–Crippen LogP) is 0.875. The van der Waals surface area contributed by atoms with E-state index in [1.54, 1.807) is 0 Å². The minimum atomic E-state index is -1.64. The van der Waals surface area contributed by atoms with Crippen LogP contribution in [0.5, 0.6) is 0 Å². The Labute approximate surface area is 94.3 Å². The van der Waals surface area contributed by atoms with Gasteiger partial charge in [-0.25, -0.2) is 0 Å². The molecule has 4 nitrogen and oxygen atoms in total. The van der Waals surface area contributed by atoms with Gasteiger partial charge in [0.05, 0.1) is 0 Å². The number of hydrogen-bond donors (Lipinski definition) is 3. The summed E-state index contributed by atoms with van der Waals surface area (Å²) in [7, 11) is -1.64. The maximum atomic E-state index is 9.17. The van der Waals surface area contributed by atoms with Crippen LogP contribution >= 0.6 is 0 Å². The summed E-state index contributed by atoms with van der Waals surface area (Å²) in [5.74, 6) is 0. The zero-order valence-electron chi connectivity index (χ0n) is 10.6. The second-order valence-corrected chi connectivity index (χ2v) is 10.1. The number of nitrogens with one attached hydrogen (secondary N) is 1. The van der Waals surface area contributed by atoms with E-state index in [1.165, 1.54) is 0 Å². The number of rotatable bonds is 6. The monoisotopic (exact) mass is 234 g/mol. The average molecular weight is 234 g/mol. The van der Waals surface area contributed by atoms with E-state index >= 15 is 0 Å². The summed E-state index contributed by atoms with van der Waals surface area (Å²) in [6.07, 6.45) is -0.618. The van der Waals surface area contributed by atoms with Crippen LogP contribution in [0, 0.1) is 0 Å². The minimum absolute atomic E-state index is 0.236. The molecule has 4 N–H and O–H groups in total. The van der Waals surface area contributed by atoms with E-state index in [1.807, 2.05) is 0 Å². The standard InChI is InChI=1S/C10H26N2O2Si/c1-10(2,3)15(4,5)14-7-6-12-9(13)8-11/h9,12-13H,6-8,11H2,1-5H3. The maximum absolute atomic E-state index is 9.17. The summed E-state index contributed by atoms with van der Waals surface area (Å²) < 4.78 is 5.91. The molecule has 0 aromatic heterocycles. The van der Waals surface area contributed by atoms with Gasteiger partial charge in [-0.15, -0.1) is 0 Å². The van der Waals surface area contributed by atoms with Crippen molar-refractivity contribution in [3.05, 3.63) is 0 Å². The fourth-order valence-electron chi connectivity index (χ4n) is 0.832. The molecule has 0 amide bonds. The topological polar surface area (TPSA) is 67.5 Å². The Balaban J connectivity index is 3.77. The van der Waals surface area contributed by atoms with Crippen LogP contribution < -0.4 is 11.1 Å². The normalized spacial score (nSPS) is 15.4. The Morgan fingerprint density at radius 3 is 2.33 bits per heavy atom. The summed E-state index contributed by atoms with van der Waals surface area (Å²) >= 11 is 0. The quantitative estimate of drug-likeness (QED) is 0.362. The third-order valence-corrected chi connectivity index (χ3v) is 7.51. The van der Waals surface area contributed by atoms with Crippen molar-refractivity contribution in [2.75, 3.05) is 19.7 Å². The molecule has 92 valence electrons. The first-order valence-corrected chi connectivity index (χ1v) is 8.37. The van der Waals surface area contributed by atoms with Gasteiger partial charge in [-0.1, -0.05) is 20.8 Å². The van der Waals surface area contributed by atoms with Gasteiger partial charge in [0.15, 0.2) is 8.32 Å². The van der Waals surface area contributed by atoms with Crippen molar-refractivity contribution in [2.45, 2.75) is 45.1 Å². The Morgan fingerprint density at radius 1 is 1.40 bits per heavy atom. The molecule has 0 aliphatic rings. The van der Waals surface area contributed by atoms with E-state index in [0.717, 1.165) is 0 Å². The van der Waals surface area contributed by atoms with Crippen molar-refractivity contribution in [1.82, 2.24) is 5.32 Å². The fourth-order valence-corrected chi connectivity index (χ4v) is 1.88. The first-order valence-electron chi connectivity index (χ1n) is 5.46. The molecule has 1 atom stereocenters. The lowest BCUT2D eigenvalue weighted by Crippen LogP contribution is -2.44. The molecule has 0 aromatic rings. The molecule has 0 heterocycles. The van der Waals surface area contributed by atoms with Gasteiger partial charge in [-0.3, -0.25) is 5.32 Å². The molecule has 1 unspecified atom stereocenters. The van der Waals surface area contributed by atoms with E-state index in [-0.39, 0.29) is 11.6 Å². The molecule has 0 saturated carbocycles. The molecule has 0 saturated heterocycles. The second-order valence-electron chi connectivity index (χ2n) is 5.31. The highest BCUT2D eigenvalue weighted by Gasteiger charge is 2.36. The molecule has 0 fully saturated rings. The van der Waals surface area contributed by atoms with Gasteiger partial charge in [0.25, 0.3) is 0 Å². The van der Waals surface area contributed by atoms with Gasteiger partial charge in [0.1, 0.15) is 6.23 Å². The van der Waals surface area contributed by atoms with Crippen molar-refractivity contribution in [2.24, 2.45) is 5.73 Å². The molecular formula is C10H26N2O2Si. The van der Waals surface area contributed by atoms with Crippen LogP contribution in [0.2, 0.25) is 18.1 Å². The van der Waals surface area contributed by atoms with Crippen LogP contribution in [0.3, 0.4) is 0 Å². The third-order valence-electron chi connectivity index (χ3n) is 2.97. The Bertz CT molecular complexity index is 181. The molecule has 0 aromatic carbocycles. The van der Waals surface area contributed by atoms with Crippen LogP contribution in [-0.2, 0) is 4.43 Å². The number of aliphatic hydroxyl groups is 1. The van der Waals surface area contributed by atoms with Gasteiger partial charge < -0.3 is 15.3 Å². The van der Waals surface area contributed by atoms with Crippen LogP contribution in [-0.4, -0.2) is 39.3 Å². The van der Waals surface area contributed by atoms with E-state index in [4.69, 9.17) is 15.3 Å². The first-order chi connectivity index (χ1) is 6.70. The van der Waals surface area contributed by atoms with Gasteiger partial charge in [-0.05, 0) is 18.1 Å². The smallest absolute Gasteiger partial charge is 0.192 e. The van der Waals surface area contributed by atoms with E-state index in [2.05, 4.69) is 39.2 Å². The summed E-state index contributed by atoms with van der Waals surface area (Å²) in [4.78, 5) is 0. The number of hydrogen-bond acceptors (Lipinski definition) is 4. The van der Waals surface area contributed by atoms with Crippen LogP contribution in [0.4, 0.5) is 0 Å². The van der Waals surface area contributed by atoms with E-state index < -0.39 is 14.5 Å². The summed E-state index contributed by atoms with van der Waals surface area (Å²) in [5.41, 5.74) is 5.26. The second kappa shape index (κ2) is 5.96. The van der Waals surface area contributed by atoms with E-state index in [9.17, 15) is 0 Å². The fraction of sp³-hybridized carbons (Fsp3) is 1.00. The molecular weight excluding hydrogens is 208 g/mol. The predicted molar refractivity (Wildman–Crippen MR) is 66.2 cm³/mol. The van der Waals surface area contributed by atoms with Crippen LogP contribution in [0.15, 0.2) is 0 Å². The Kier molecular flexibility index (Phi) is 5.98. The molecule has 0 bridgehead atoms. The Morgan fingerprint density at radius 2 is 1.93 bits per heavy atom. The largest absolute Gasteiger partial charge is 0.416 e. The van der Waals surface area contributed by atoms with Crippen molar-refractivity contribution >= 4 is 8.32 Å². The molecule has 0 radical (unpaired) electrons. The molecule has 0 aliphatic carbocycles. The zero-order chi connectivity index (χ0) is 12.1. The van der Waals surface area contributed by atoms with Gasteiger partial charge in [-0.2, -0.15) is 0 Å². The highest BCUT2D eigenvalue weighted by molar-refractivity contribution is 6.74. The van der Waals surface area contributed by atoms with Gasteiger partial charge >= 0.3 is 0 Å². The lowest BCUT2D eigenvalue weighted by Gasteiger charge is -2.36. The summed E-state index contributed by atoms with van der Waals surface area (Å²) in [6, 6.07) is 0. The van der Waals surface area contributed by atoms with E-state index in [0.29, 0.717) is 13.2 Å². The summed E-state index contributed by atoms with van der Waals surface area (Å²) in [5, 5.41) is 12.3. The van der Waals surface area contributed by atoms with Gasteiger partial charge in [0.2, 0.25) is 0 Å². The highest BCUT2D eigenvalue weighted by atomic mass is 28.4. The van der Waals surface area contributed by atoms with Crippen molar-refractivity contribution in [3.63, 3.8) is 0 Å². The maximum Gasteiger partial charge on any atom is 0.192 e. The van der Waals surface area contributed by atoms with Crippen molar-refractivity contribution in [3.8, 4) is 0 Å². The zero-order valence-corrected chi connectivity index (χ0v) is 11.6. The molecule has 0 aliphatic heterocycles. The number of nitrogens with two attached hydrogens (primary N) is 1. The third kappa shape index (κ3) is 5.63. The lowest BCUT2D eigenvalue weighted by atomic mass is 10.2. The lowest BCUT2D eigenvalue weighted by molar-refractivity contribution is 0.136. The molecule has 15 heavy (non-hydrogen) atoms. The molecule has 0 spiro atoms. The minimum Gasteiger partial charge on any atom is -0.416 e. The number of aliphatic hydroxyl groups excluding tert-OH is 1. The highest BCUT2D eigenvalue weighted by Crippen LogP contribution is 2.36. The molecule has 0 rings (SSSR count). The SMILES string of the molecule is CC(C)(C)[Si](C)(C)OCCNC(O)CN. The van der Waals surface area contributed by atoms with Crippen molar-refractivity contribution in [1.29, 1.82) is 0 Å². The Hall–Kier alpha value is 0.0569. The van der Waals surface area contributed by atoms with Gasteiger partial charge in [0, 0.05) is 19.7 Å². The first kappa shape index (κ1) is 15.1. The molecule has 5 heteroatoms. The average Bonchev–Trinajstić information content (AvgIpc) is 2.10. The van der Waals surface area contributed by atoms with Crippen LogP contribution in [0.1, 0.15) is 20.8 Å². The summed E-state index contributed by atoms with van der Waals surface area (Å²) in [6.45, 7) is 12.6. The van der Waals surface area contributed by atoms with Crippen molar-refractivity contribution < 1.29 is 9.53 Å². The van der Waals surface area contributed by atoms with Crippen LogP contribution in [0.25, 0.3) is 0 Å².